The fraction of sp³-hybridized carbons (Fsp3) is 0.179. The summed E-state index contributed by atoms with van der Waals surface area (Å²) in [6.07, 6.45) is -1.20. The second-order valence-electron chi connectivity index (χ2n) is 9.66. The second kappa shape index (κ2) is 10.8. The van der Waals surface area contributed by atoms with Crippen LogP contribution in [0.1, 0.15) is 42.4 Å². The molecule has 0 saturated carbocycles. The van der Waals surface area contributed by atoms with Crippen LogP contribution in [0.4, 0.5) is 14.9 Å². The Hall–Kier alpha value is -4.26. The average Bonchev–Trinajstić information content (AvgIpc) is 3.25. The van der Waals surface area contributed by atoms with Crippen molar-refractivity contribution in [3.63, 3.8) is 0 Å². The van der Waals surface area contributed by atoms with Gasteiger partial charge in [0.15, 0.2) is 11.6 Å². The van der Waals surface area contributed by atoms with Gasteiger partial charge in [0.2, 0.25) is 0 Å². The van der Waals surface area contributed by atoms with Crippen LogP contribution in [0.3, 0.4) is 0 Å². The summed E-state index contributed by atoms with van der Waals surface area (Å²) in [6.45, 7) is 5.57. The smallest absolute Gasteiger partial charge is 0.409 e. The zero-order chi connectivity index (χ0) is 28.5. The van der Waals surface area contributed by atoms with Crippen LogP contribution in [-0.4, -0.2) is 21.7 Å². The van der Waals surface area contributed by atoms with Crippen LogP contribution in [0.25, 0.3) is 10.9 Å². The van der Waals surface area contributed by atoms with Gasteiger partial charge in [-0.2, -0.15) is 5.26 Å². The number of carbonyl (C=O) groups is 2. The molecular weight excluding hydrogens is 546 g/mol. The number of fused-ring (bicyclic) bond motifs is 1. The molecule has 0 aliphatic carbocycles. The van der Waals surface area contributed by atoms with Gasteiger partial charge in [-0.3, -0.25) is 10.1 Å². The van der Waals surface area contributed by atoms with Gasteiger partial charge in [0.25, 0.3) is 5.91 Å². The lowest BCUT2D eigenvalue weighted by Gasteiger charge is -2.25. The minimum Gasteiger partial charge on any atom is -0.465 e. The summed E-state index contributed by atoms with van der Waals surface area (Å²) in [6, 6.07) is 15.8. The van der Waals surface area contributed by atoms with Gasteiger partial charge in [-0.25, -0.2) is 9.18 Å². The first-order valence-electron chi connectivity index (χ1n) is 11.7. The third kappa shape index (κ3) is 6.08. The minimum atomic E-state index is -1.20. The number of aromatic nitrogens is 1. The molecular formula is C28H23Cl2FN4O4. The van der Waals surface area contributed by atoms with Gasteiger partial charge in [0.05, 0.1) is 22.2 Å². The highest BCUT2D eigenvalue weighted by molar-refractivity contribution is 6.32. The number of amides is 2. The first-order valence-corrected chi connectivity index (χ1v) is 12.4. The van der Waals surface area contributed by atoms with E-state index in [1.807, 2.05) is 26.8 Å². The Morgan fingerprint density at radius 1 is 1.10 bits per heavy atom. The zero-order valence-electron chi connectivity index (χ0n) is 21.1. The highest BCUT2D eigenvalue weighted by Gasteiger charge is 2.25. The topological polar surface area (TPSA) is 116 Å². The Labute approximate surface area is 233 Å². The Balaban J connectivity index is 1.62. The van der Waals surface area contributed by atoms with E-state index in [1.54, 1.807) is 28.8 Å². The van der Waals surface area contributed by atoms with Gasteiger partial charge in [-0.1, -0.05) is 35.3 Å². The maximum atomic E-state index is 15.4. The molecule has 2 amide bonds. The lowest BCUT2D eigenvalue weighted by Crippen LogP contribution is -2.31. The zero-order valence-corrected chi connectivity index (χ0v) is 22.6. The van der Waals surface area contributed by atoms with Gasteiger partial charge < -0.3 is 19.7 Å². The van der Waals surface area contributed by atoms with E-state index in [2.05, 4.69) is 10.6 Å². The fourth-order valence-electron chi connectivity index (χ4n) is 4.17. The van der Waals surface area contributed by atoms with E-state index >= 15 is 4.39 Å². The predicted octanol–water partition coefficient (Wildman–Crippen LogP) is 7.53. The first kappa shape index (κ1) is 27.8. The Morgan fingerprint density at radius 3 is 2.51 bits per heavy atom. The molecule has 0 radical (unpaired) electrons. The highest BCUT2D eigenvalue weighted by Crippen LogP contribution is 2.35. The second-order valence-corrected chi connectivity index (χ2v) is 10.5. The lowest BCUT2D eigenvalue weighted by atomic mass is 10.1. The number of nitrogens with one attached hydrogen (secondary N) is 2. The molecule has 3 N–H and O–H groups in total. The standard InChI is InChI=1S/C28H23Cl2FN4O4/c1-28(2,3)35-22-12-19(34-27(37)38)6-4-16(22)10-23(35)26(36)33-14-17-5-7-21(30)25(24(17)31)39-20-9-15(13-32)8-18(29)11-20/h4-12,34H,14H2,1-3H3,(H,33,36)(H,37,38). The van der Waals surface area contributed by atoms with E-state index in [9.17, 15) is 9.59 Å². The summed E-state index contributed by atoms with van der Waals surface area (Å²) >= 11 is 12.2. The van der Waals surface area contributed by atoms with Crippen molar-refractivity contribution in [1.82, 2.24) is 9.88 Å². The molecule has 0 fully saturated rings. The van der Waals surface area contributed by atoms with Crippen molar-refractivity contribution in [2.24, 2.45) is 0 Å². The monoisotopic (exact) mass is 568 g/mol. The van der Waals surface area contributed by atoms with Crippen LogP contribution < -0.4 is 15.4 Å². The van der Waals surface area contributed by atoms with Crippen LogP contribution in [-0.2, 0) is 12.1 Å². The summed E-state index contributed by atoms with van der Waals surface area (Å²) < 4.78 is 22.8. The van der Waals surface area contributed by atoms with Crippen molar-refractivity contribution in [2.75, 3.05) is 5.32 Å². The van der Waals surface area contributed by atoms with Crippen molar-refractivity contribution in [1.29, 1.82) is 5.26 Å². The Kier molecular flexibility index (Phi) is 7.72. The van der Waals surface area contributed by atoms with E-state index in [0.29, 0.717) is 16.9 Å². The molecule has 4 rings (SSSR count). The number of nitrogens with zero attached hydrogens (tertiary/aromatic N) is 2. The summed E-state index contributed by atoms with van der Waals surface area (Å²) in [7, 11) is 0. The van der Waals surface area contributed by atoms with E-state index < -0.39 is 23.4 Å². The predicted molar refractivity (Wildman–Crippen MR) is 147 cm³/mol. The number of hydrogen-bond donors (Lipinski definition) is 3. The molecule has 200 valence electrons. The number of ether oxygens (including phenoxy) is 1. The van der Waals surface area contributed by atoms with Gasteiger partial charge in [-0.15, -0.1) is 0 Å². The molecule has 8 nitrogen and oxygen atoms in total. The van der Waals surface area contributed by atoms with E-state index in [0.717, 1.165) is 5.39 Å². The number of nitriles is 1. The minimum absolute atomic E-state index is 0.000284. The van der Waals surface area contributed by atoms with Crippen LogP contribution in [0, 0.1) is 17.1 Å². The summed E-state index contributed by atoms with van der Waals surface area (Å²) in [5.74, 6) is -1.37. The van der Waals surface area contributed by atoms with Crippen molar-refractivity contribution in [3.05, 3.63) is 87.3 Å². The number of anilines is 1. The van der Waals surface area contributed by atoms with Gasteiger partial charge >= 0.3 is 6.09 Å². The summed E-state index contributed by atoms with van der Waals surface area (Å²) in [5.41, 5.74) is 1.16. The highest BCUT2D eigenvalue weighted by atomic mass is 35.5. The normalized spacial score (nSPS) is 11.2. The quantitative estimate of drug-likeness (QED) is 0.222. The molecule has 3 aromatic carbocycles. The van der Waals surface area contributed by atoms with Gasteiger partial charge in [-0.05, 0) is 63.2 Å². The number of hydrogen-bond acceptors (Lipinski definition) is 4. The third-order valence-electron chi connectivity index (χ3n) is 5.75. The molecule has 0 unspecified atom stereocenters. The summed E-state index contributed by atoms with van der Waals surface area (Å²) in [4.78, 5) is 24.4. The average molecular weight is 569 g/mol. The summed E-state index contributed by atoms with van der Waals surface area (Å²) in [5, 5.41) is 24.3. The Morgan fingerprint density at radius 2 is 1.85 bits per heavy atom. The van der Waals surface area contributed by atoms with Crippen molar-refractivity contribution < 1.29 is 23.8 Å². The molecule has 39 heavy (non-hydrogen) atoms. The molecule has 0 saturated heterocycles. The SMILES string of the molecule is CC(C)(C)n1c(C(=O)NCc2ccc(Cl)c(Oc3cc(Cl)cc(C#N)c3)c2F)cc2ccc(NC(=O)O)cc21. The maximum absolute atomic E-state index is 15.4. The molecule has 0 aliphatic heterocycles. The van der Waals surface area contributed by atoms with E-state index in [1.165, 1.54) is 30.3 Å². The van der Waals surface area contributed by atoms with E-state index in [-0.39, 0.29) is 39.2 Å². The van der Waals surface area contributed by atoms with Gasteiger partial charge in [0, 0.05) is 33.7 Å². The number of carboxylic acid groups (broad SMARTS) is 1. The molecule has 0 atom stereocenters. The van der Waals surface area contributed by atoms with Crippen LogP contribution in [0.15, 0.2) is 54.6 Å². The number of carbonyl (C=O) groups excluding carboxylic acids is 1. The van der Waals surface area contributed by atoms with Crippen molar-refractivity contribution in [2.45, 2.75) is 32.9 Å². The van der Waals surface area contributed by atoms with Crippen LogP contribution in [0.2, 0.25) is 10.0 Å². The molecule has 0 bridgehead atoms. The maximum Gasteiger partial charge on any atom is 0.409 e. The fourth-order valence-corrected chi connectivity index (χ4v) is 4.58. The first-order chi connectivity index (χ1) is 18.4. The molecule has 1 heterocycles. The molecule has 0 spiro atoms. The van der Waals surface area contributed by atoms with Crippen molar-refractivity contribution >= 4 is 51.8 Å². The molecule has 1 aromatic heterocycles. The third-order valence-corrected chi connectivity index (χ3v) is 6.26. The van der Waals surface area contributed by atoms with Crippen LogP contribution in [0.5, 0.6) is 11.5 Å². The molecule has 4 aromatic rings. The Bertz CT molecular complexity index is 1650. The van der Waals surface area contributed by atoms with Gasteiger partial charge in [0.1, 0.15) is 11.4 Å². The molecule has 0 aliphatic rings. The number of benzene rings is 3. The lowest BCUT2D eigenvalue weighted by molar-refractivity contribution is 0.0936. The number of rotatable bonds is 6. The van der Waals surface area contributed by atoms with E-state index in [4.69, 9.17) is 38.3 Å². The largest absolute Gasteiger partial charge is 0.465 e. The van der Waals surface area contributed by atoms with Crippen molar-refractivity contribution in [3.8, 4) is 17.6 Å². The molecule has 11 heteroatoms. The number of halogens is 3. The van der Waals surface area contributed by atoms with Crippen LogP contribution >= 0.6 is 23.2 Å².